The Morgan fingerprint density at radius 1 is 0.971 bits per heavy atom. The van der Waals surface area contributed by atoms with Crippen LogP contribution in [-0.2, 0) is 26.2 Å². The van der Waals surface area contributed by atoms with Crippen LogP contribution in [0.4, 0.5) is 5.69 Å². The average molecular weight is 502 g/mol. The van der Waals surface area contributed by atoms with Crippen molar-refractivity contribution in [2.75, 3.05) is 17.1 Å². The topological polar surface area (TPSA) is 86.8 Å². The molecule has 1 N–H and O–H groups in total. The number of amides is 2. The predicted octanol–water partition coefficient (Wildman–Crippen LogP) is 4.10. The second kappa shape index (κ2) is 12.2. The van der Waals surface area contributed by atoms with Crippen LogP contribution in [0.5, 0.6) is 0 Å². The molecule has 2 aromatic carbocycles. The van der Waals surface area contributed by atoms with Gasteiger partial charge in [-0.25, -0.2) is 8.42 Å². The Morgan fingerprint density at radius 3 is 2.11 bits per heavy atom. The maximum absolute atomic E-state index is 13.3. The molecule has 2 aromatic rings. The lowest BCUT2D eigenvalue weighted by Crippen LogP contribution is -2.49. The molecule has 192 valence electrons. The van der Waals surface area contributed by atoms with Gasteiger partial charge in [-0.15, -0.1) is 0 Å². The van der Waals surface area contributed by atoms with Gasteiger partial charge in [0, 0.05) is 25.6 Å². The first-order valence-electron chi connectivity index (χ1n) is 12.0. The zero-order valence-corrected chi connectivity index (χ0v) is 22.8. The minimum atomic E-state index is -3.52. The lowest BCUT2D eigenvalue weighted by atomic mass is 10.1. The summed E-state index contributed by atoms with van der Waals surface area (Å²) in [7, 11) is -3.52. The summed E-state index contributed by atoms with van der Waals surface area (Å²) >= 11 is 0. The maximum atomic E-state index is 13.3. The molecule has 0 aliphatic heterocycles. The summed E-state index contributed by atoms with van der Waals surface area (Å²) in [5.74, 6) is -0.400. The van der Waals surface area contributed by atoms with Crippen LogP contribution in [0.15, 0.2) is 42.5 Å². The molecule has 2 rings (SSSR count). The first-order valence-corrected chi connectivity index (χ1v) is 13.8. The summed E-state index contributed by atoms with van der Waals surface area (Å²) in [4.78, 5) is 27.7. The van der Waals surface area contributed by atoms with Crippen molar-refractivity contribution in [3.05, 3.63) is 64.7 Å². The standard InChI is InChI=1S/C27H39N3O4S/c1-19(2)28-27(32)23(6)29(18-24-12-9-8-11-22(24)5)26(31)13-10-14-30(35(7,33)34)25-16-20(3)15-21(4)17-25/h8-9,11-12,15-17,19,23H,10,13-14,18H2,1-7H3,(H,28,32). The highest BCUT2D eigenvalue weighted by atomic mass is 32.2. The van der Waals surface area contributed by atoms with Gasteiger partial charge in [0.1, 0.15) is 6.04 Å². The quantitative estimate of drug-likeness (QED) is 0.502. The van der Waals surface area contributed by atoms with Gasteiger partial charge in [-0.2, -0.15) is 0 Å². The summed E-state index contributed by atoms with van der Waals surface area (Å²) in [5.41, 5.74) is 4.55. The van der Waals surface area contributed by atoms with Gasteiger partial charge in [0.2, 0.25) is 21.8 Å². The van der Waals surface area contributed by atoms with E-state index in [0.717, 1.165) is 22.3 Å². The lowest BCUT2D eigenvalue weighted by Gasteiger charge is -2.30. The van der Waals surface area contributed by atoms with Gasteiger partial charge in [0.25, 0.3) is 0 Å². The van der Waals surface area contributed by atoms with Gasteiger partial charge in [-0.05, 0) is 82.3 Å². The third-order valence-electron chi connectivity index (χ3n) is 5.85. The van der Waals surface area contributed by atoms with Crippen LogP contribution < -0.4 is 9.62 Å². The summed E-state index contributed by atoms with van der Waals surface area (Å²) in [6, 6.07) is 12.7. The van der Waals surface area contributed by atoms with E-state index in [1.807, 2.05) is 77.1 Å². The molecule has 1 atom stereocenters. The molecule has 0 aromatic heterocycles. The van der Waals surface area contributed by atoms with E-state index in [2.05, 4.69) is 5.32 Å². The van der Waals surface area contributed by atoms with E-state index >= 15 is 0 Å². The molecule has 0 bridgehead atoms. The fourth-order valence-electron chi connectivity index (χ4n) is 4.06. The molecule has 0 radical (unpaired) electrons. The third kappa shape index (κ3) is 8.38. The first-order chi connectivity index (χ1) is 16.3. The number of anilines is 1. The molecule has 0 saturated heterocycles. The fraction of sp³-hybridized carbons (Fsp3) is 0.481. The van der Waals surface area contributed by atoms with E-state index in [4.69, 9.17) is 0 Å². The van der Waals surface area contributed by atoms with Crippen molar-refractivity contribution >= 4 is 27.5 Å². The van der Waals surface area contributed by atoms with E-state index < -0.39 is 16.1 Å². The van der Waals surface area contributed by atoms with Crippen molar-refractivity contribution in [1.29, 1.82) is 0 Å². The number of hydrogen-bond donors (Lipinski definition) is 1. The van der Waals surface area contributed by atoms with Crippen LogP contribution in [0.25, 0.3) is 0 Å². The molecule has 0 saturated carbocycles. The largest absolute Gasteiger partial charge is 0.352 e. The van der Waals surface area contributed by atoms with Crippen molar-refractivity contribution in [2.24, 2.45) is 0 Å². The minimum absolute atomic E-state index is 0.0403. The zero-order valence-electron chi connectivity index (χ0n) is 22.0. The molecule has 0 fully saturated rings. The Balaban J connectivity index is 2.21. The average Bonchev–Trinajstić information content (AvgIpc) is 2.73. The molecular formula is C27H39N3O4S. The maximum Gasteiger partial charge on any atom is 0.242 e. The van der Waals surface area contributed by atoms with E-state index in [1.165, 1.54) is 10.6 Å². The van der Waals surface area contributed by atoms with E-state index in [9.17, 15) is 18.0 Å². The van der Waals surface area contributed by atoms with Gasteiger partial charge in [0.15, 0.2) is 0 Å². The second-order valence-electron chi connectivity index (χ2n) is 9.57. The molecule has 7 nitrogen and oxygen atoms in total. The number of nitrogens with one attached hydrogen (secondary N) is 1. The highest BCUT2D eigenvalue weighted by Gasteiger charge is 2.27. The number of benzene rings is 2. The van der Waals surface area contributed by atoms with E-state index in [-0.39, 0.29) is 30.8 Å². The molecular weight excluding hydrogens is 462 g/mol. The van der Waals surface area contributed by atoms with E-state index in [0.29, 0.717) is 18.7 Å². The van der Waals surface area contributed by atoms with Crippen LogP contribution in [0.1, 0.15) is 55.9 Å². The van der Waals surface area contributed by atoms with Crippen molar-refractivity contribution in [2.45, 2.75) is 73.0 Å². The number of hydrogen-bond acceptors (Lipinski definition) is 4. The lowest BCUT2D eigenvalue weighted by molar-refractivity contribution is -0.140. The fourth-order valence-corrected chi connectivity index (χ4v) is 5.01. The van der Waals surface area contributed by atoms with Gasteiger partial charge in [0.05, 0.1) is 11.9 Å². The number of sulfonamides is 1. The normalized spacial score (nSPS) is 12.3. The number of rotatable bonds is 11. The number of carbonyl (C=O) groups excluding carboxylic acids is 2. The molecule has 0 aliphatic carbocycles. The molecule has 0 aliphatic rings. The monoisotopic (exact) mass is 501 g/mol. The predicted molar refractivity (Wildman–Crippen MR) is 142 cm³/mol. The summed E-state index contributed by atoms with van der Waals surface area (Å²) in [6.07, 6.45) is 1.64. The molecule has 2 amide bonds. The van der Waals surface area contributed by atoms with Crippen LogP contribution >= 0.6 is 0 Å². The SMILES string of the molecule is Cc1cc(C)cc(N(CCCC(=O)N(Cc2ccccc2C)C(C)C(=O)NC(C)C)S(C)(=O)=O)c1. The minimum Gasteiger partial charge on any atom is -0.352 e. The van der Waals surface area contributed by atoms with Gasteiger partial charge >= 0.3 is 0 Å². The van der Waals surface area contributed by atoms with Crippen molar-refractivity contribution in [3.63, 3.8) is 0 Å². The highest BCUT2D eigenvalue weighted by molar-refractivity contribution is 7.92. The molecule has 1 unspecified atom stereocenters. The first kappa shape index (κ1) is 28.4. The molecule has 0 spiro atoms. The smallest absolute Gasteiger partial charge is 0.242 e. The number of nitrogens with zero attached hydrogens (tertiary/aromatic N) is 2. The van der Waals surface area contributed by atoms with E-state index in [1.54, 1.807) is 11.8 Å². The van der Waals surface area contributed by atoms with Crippen LogP contribution in [0.3, 0.4) is 0 Å². The Labute approximate surface area is 210 Å². The summed E-state index contributed by atoms with van der Waals surface area (Å²) in [6.45, 7) is 11.8. The Bertz CT molecular complexity index is 1120. The highest BCUT2D eigenvalue weighted by Crippen LogP contribution is 2.22. The molecule has 8 heteroatoms. The Hall–Kier alpha value is -2.87. The van der Waals surface area contributed by atoms with Gasteiger partial charge in [-0.1, -0.05) is 30.3 Å². The number of carbonyl (C=O) groups is 2. The summed E-state index contributed by atoms with van der Waals surface area (Å²) < 4.78 is 26.4. The van der Waals surface area contributed by atoms with Crippen LogP contribution in [-0.4, -0.2) is 50.0 Å². The molecule has 35 heavy (non-hydrogen) atoms. The third-order valence-corrected chi connectivity index (χ3v) is 7.04. The second-order valence-corrected chi connectivity index (χ2v) is 11.5. The Morgan fingerprint density at radius 2 is 1.57 bits per heavy atom. The molecule has 0 heterocycles. The van der Waals surface area contributed by atoms with Gasteiger partial charge < -0.3 is 10.2 Å². The Kier molecular flexibility index (Phi) is 9.89. The summed E-state index contributed by atoms with van der Waals surface area (Å²) in [5, 5.41) is 2.88. The zero-order chi connectivity index (χ0) is 26.3. The van der Waals surface area contributed by atoms with Crippen molar-refractivity contribution in [3.8, 4) is 0 Å². The van der Waals surface area contributed by atoms with Crippen LogP contribution in [0.2, 0.25) is 0 Å². The number of aryl methyl sites for hydroxylation is 3. The van der Waals surface area contributed by atoms with Gasteiger partial charge in [-0.3, -0.25) is 13.9 Å². The van der Waals surface area contributed by atoms with Crippen LogP contribution in [0, 0.1) is 20.8 Å². The van der Waals surface area contributed by atoms with Crippen molar-refractivity contribution < 1.29 is 18.0 Å². The van der Waals surface area contributed by atoms with Crippen molar-refractivity contribution in [1.82, 2.24) is 10.2 Å².